The predicted molar refractivity (Wildman–Crippen MR) is 67.8 cm³/mol. The van der Waals surface area contributed by atoms with Crippen LogP contribution in [0.5, 0.6) is 5.88 Å². The summed E-state index contributed by atoms with van der Waals surface area (Å²) in [6, 6.07) is 6.47. The van der Waals surface area contributed by atoms with Gasteiger partial charge >= 0.3 is 6.18 Å². The van der Waals surface area contributed by atoms with Gasteiger partial charge in [-0.3, -0.25) is 0 Å². The summed E-state index contributed by atoms with van der Waals surface area (Å²) >= 11 is 0. The first-order valence-corrected chi connectivity index (χ1v) is 5.98. The number of alkyl halides is 3. The molecule has 0 aliphatic carbocycles. The minimum atomic E-state index is -4.38. The number of rotatable bonds is 3. The molecule has 3 aromatic heterocycles. The van der Waals surface area contributed by atoms with Gasteiger partial charge in [0.05, 0.1) is 11.9 Å². The van der Waals surface area contributed by atoms with Crippen molar-refractivity contribution in [1.82, 2.24) is 19.6 Å². The van der Waals surface area contributed by atoms with E-state index in [0.717, 1.165) is 0 Å². The molecule has 8 heteroatoms. The highest BCUT2D eigenvalue weighted by Gasteiger charge is 2.28. The van der Waals surface area contributed by atoms with Crippen LogP contribution in [0.15, 0.2) is 42.9 Å². The number of nitrogens with zero attached hydrogens (tertiary/aromatic N) is 4. The fraction of sp³-hybridized carbons (Fsp3) is 0.154. The molecule has 0 spiro atoms. The number of fused-ring (bicyclic) bond motifs is 1. The molecule has 0 N–H and O–H groups in total. The highest BCUT2D eigenvalue weighted by Crippen LogP contribution is 2.20. The third-order valence-electron chi connectivity index (χ3n) is 2.67. The summed E-state index contributed by atoms with van der Waals surface area (Å²) in [6.45, 7) is -1.36. The van der Waals surface area contributed by atoms with Crippen molar-refractivity contribution in [2.24, 2.45) is 0 Å². The average molecular weight is 294 g/mol. The lowest BCUT2D eigenvalue weighted by molar-refractivity contribution is -0.154. The average Bonchev–Trinajstić information content (AvgIpc) is 2.92. The number of ether oxygens (including phenoxy) is 1. The summed E-state index contributed by atoms with van der Waals surface area (Å²) < 4.78 is 42.3. The molecule has 0 aliphatic heterocycles. The van der Waals surface area contributed by atoms with Crippen LogP contribution in [0, 0.1) is 0 Å². The molecule has 3 aromatic rings. The summed E-state index contributed by atoms with van der Waals surface area (Å²) in [6.07, 6.45) is 0.403. The van der Waals surface area contributed by atoms with E-state index in [-0.39, 0.29) is 5.88 Å². The Balaban J connectivity index is 1.80. The van der Waals surface area contributed by atoms with Gasteiger partial charge in [0.15, 0.2) is 12.3 Å². The van der Waals surface area contributed by atoms with Crippen LogP contribution in [0.25, 0.3) is 16.9 Å². The van der Waals surface area contributed by atoms with Gasteiger partial charge in [-0.15, -0.1) is 0 Å². The largest absolute Gasteiger partial charge is 0.468 e. The third kappa shape index (κ3) is 3.10. The van der Waals surface area contributed by atoms with Crippen molar-refractivity contribution in [1.29, 1.82) is 0 Å². The highest BCUT2D eigenvalue weighted by atomic mass is 19.4. The van der Waals surface area contributed by atoms with Crippen molar-refractivity contribution in [2.45, 2.75) is 6.18 Å². The number of hydrogen-bond donors (Lipinski definition) is 0. The standard InChI is InChI=1S/C13H9F3N4O/c14-13(15,16)8-21-12-2-1-9(7-17-12)10-4-6-20-11(19-10)3-5-18-20/h1-7H,8H2. The summed E-state index contributed by atoms with van der Waals surface area (Å²) in [5.41, 5.74) is 2.00. The normalized spacial score (nSPS) is 11.8. The number of aromatic nitrogens is 4. The zero-order valence-corrected chi connectivity index (χ0v) is 10.6. The zero-order valence-electron chi connectivity index (χ0n) is 10.6. The lowest BCUT2D eigenvalue weighted by Crippen LogP contribution is -2.19. The minimum Gasteiger partial charge on any atom is -0.468 e. The highest BCUT2D eigenvalue weighted by molar-refractivity contribution is 5.60. The topological polar surface area (TPSA) is 52.3 Å². The SMILES string of the molecule is FC(F)(F)COc1ccc(-c2ccn3nccc3n2)cn1. The summed E-state index contributed by atoms with van der Waals surface area (Å²) in [4.78, 5) is 8.20. The van der Waals surface area contributed by atoms with E-state index in [0.29, 0.717) is 16.9 Å². The Morgan fingerprint density at radius 2 is 2.00 bits per heavy atom. The van der Waals surface area contributed by atoms with E-state index >= 15 is 0 Å². The van der Waals surface area contributed by atoms with Crippen molar-refractivity contribution < 1.29 is 17.9 Å². The van der Waals surface area contributed by atoms with Gasteiger partial charge in [0.25, 0.3) is 0 Å². The first-order valence-electron chi connectivity index (χ1n) is 5.98. The van der Waals surface area contributed by atoms with Crippen molar-refractivity contribution in [2.75, 3.05) is 6.61 Å². The van der Waals surface area contributed by atoms with E-state index in [1.165, 1.54) is 12.3 Å². The van der Waals surface area contributed by atoms with Crippen LogP contribution in [-0.2, 0) is 0 Å². The molecule has 0 saturated heterocycles. The van der Waals surface area contributed by atoms with Crippen LogP contribution < -0.4 is 4.74 Å². The van der Waals surface area contributed by atoms with E-state index in [1.807, 2.05) is 0 Å². The quantitative estimate of drug-likeness (QED) is 0.745. The molecule has 21 heavy (non-hydrogen) atoms. The van der Waals surface area contributed by atoms with Crippen molar-refractivity contribution in [3.63, 3.8) is 0 Å². The lowest BCUT2D eigenvalue weighted by Gasteiger charge is -2.08. The summed E-state index contributed by atoms with van der Waals surface area (Å²) in [5.74, 6) is -0.0819. The number of hydrogen-bond acceptors (Lipinski definition) is 4. The maximum absolute atomic E-state index is 12.0. The van der Waals surface area contributed by atoms with Gasteiger partial charge < -0.3 is 4.74 Å². The van der Waals surface area contributed by atoms with Gasteiger partial charge in [-0.2, -0.15) is 18.3 Å². The monoisotopic (exact) mass is 294 g/mol. The Morgan fingerprint density at radius 1 is 1.14 bits per heavy atom. The number of halogens is 3. The van der Waals surface area contributed by atoms with Gasteiger partial charge in [-0.1, -0.05) is 0 Å². The van der Waals surface area contributed by atoms with Gasteiger partial charge in [0, 0.05) is 30.1 Å². The molecule has 0 bridgehead atoms. The maximum atomic E-state index is 12.0. The van der Waals surface area contributed by atoms with Gasteiger partial charge in [0.2, 0.25) is 5.88 Å². The fourth-order valence-corrected chi connectivity index (χ4v) is 1.75. The molecule has 0 amide bonds. The molecule has 0 unspecified atom stereocenters. The first kappa shape index (κ1) is 13.3. The second kappa shape index (κ2) is 5.04. The predicted octanol–water partition coefficient (Wildman–Crippen LogP) is 2.73. The van der Waals surface area contributed by atoms with Crippen LogP contribution in [0.4, 0.5) is 13.2 Å². The smallest absolute Gasteiger partial charge is 0.422 e. The third-order valence-corrected chi connectivity index (χ3v) is 2.67. The van der Waals surface area contributed by atoms with Crippen molar-refractivity contribution in [3.8, 4) is 17.1 Å². The molecule has 0 radical (unpaired) electrons. The molecule has 0 aromatic carbocycles. The second-order valence-electron chi connectivity index (χ2n) is 4.24. The van der Waals surface area contributed by atoms with Crippen molar-refractivity contribution in [3.05, 3.63) is 42.9 Å². The summed E-state index contributed by atoms with van der Waals surface area (Å²) in [5, 5.41) is 4.03. The van der Waals surface area contributed by atoms with Gasteiger partial charge in [-0.05, 0) is 12.1 Å². The molecule has 108 valence electrons. The molecule has 0 fully saturated rings. The minimum absolute atomic E-state index is 0.0819. The second-order valence-corrected chi connectivity index (χ2v) is 4.24. The van der Waals surface area contributed by atoms with Crippen LogP contribution in [0.1, 0.15) is 0 Å². The zero-order chi connectivity index (χ0) is 14.9. The maximum Gasteiger partial charge on any atom is 0.422 e. The summed E-state index contributed by atoms with van der Waals surface area (Å²) in [7, 11) is 0. The molecule has 3 heterocycles. The number of pyridine rings is 1. The Morgan fingerprint density at radius 3 is 2.71 bits per heavy atom. The molecule has 3 rings (SSSR count). The van der Waals surface area contributed by atoms with Gasteiger partial charge in [0.1, 0.15) is 0 Å². The van der Waals surface area contributed by atoms with Crippen LogP contribution >= 0.6 is 0 Å². The molecule has 5 nitrogen and oxygen atoms in total. The van der Waals surface area contributed by atoms with Crippen LogP contribution in [-0.4, -0.2) is 32.4 Å². The molecular formula is C13H9F3N4O. The van der Waals surface area contributed by atoms with Gasteiger partial charge in [-0.25, -0.2) is 14.5 Å². The van der Waals surface area contributed by atoms with E-state index in [2.05, 4.69) is 19.8 Å². The Bertz CT molecular complexity index is 752. The van der Waals surface area contributed by atoms with E-state index in [4.69, 9.17) is 0 Å². The fourth-order valence-electron chi connectivity index (χ4n) is 1.75. The van der Waals surface area contributed by atoms with Crippen molar-refractivity contribution >= 4 is 5.65 Å². The Hall–Kier alpha value is -2.64. The first-order chi connectivity index (χ1) is 10.0. The molecule has 0 saturated carbocycles. The lowest BCUT2D eigenvalue weighted by atomic mass is 10.2. The van der Waals surface area contributed by atoms with Crippen LogP contribution in [0.2, 0.25) is 0 Å². The Kier molecular flexibility index (Phi) is 3.20. The van der Waals surface area contributed by atoms with E-state index in [9.17, 15) is 13.2 Å². The van der Waals surface area contributed by atoms with Crippen LogP contribution in [0.3, 0.4) is 0 Å². The Labute approximate surface area is 117 Å². The molecule has 0 atom stereocenters. The van der Waals surface area contributed by atoms with E-state index < -0.39 is 12.8 Å². The molecule has 0 aliphatic rings. The van der Waals surface area contributed by atoms with E-state index in [1.54, 1.807) is 35.1 Å². The molecular weight excluding hydrogens is 285 g/mol.